The van der Waals surface area contributed by atoms with Crippen LogP contribution in [0.2, 0.25) is 5.82 Å². The second-order valence-corrected chi connectivity index (χ2v) is 6.41. The van der Waals surface area contributed by atoms with E-state index in [0.717, 1.165) is 0 Å². The first kappa shape index (κ1) is 14.7. The Balaban J connectivity index is 2.90. The fourth-order valence-electron chi connectivity index (χ4n) is 1.97. The fourth-order valence-corrected chi connectivity index (χ4v) is 1.97. The average Bonchev–Trinajstić information content (AvgIpc) is 2.29. The van der Waals surface area contributed by atoms with Crippen molar-refractivity contribution in [1.29, 1.82) is 0 Å². The molecule has 17 heavy (non-hydrogen) atoms. The highest BCUT2D eigenvalue weighted by atomic mass is 16.7. The predicted octanol–water partition coefficient (Wildman–Crippen LogP) is 2.80. The number of allylic oxidation sites excluding steroid dienone is 1. The minimum Gasteiger partial charge on any atom is -0.403 e. The molecule has 1 rings (SSSR count). The van der Waals surface area contributed by atoms with E-state index in [1.165, 1.54) is 0 Å². The second-order valence-electron chi connectivity index (χ2n) is 6.41. The van der Waals surface area contributed by atoms with Gasteiger partial charge in [-0.05, 0) is 48.0 Å². The van der Waals surface area contributed by atoms with Gasteiger partial charge in [0.2, 0.25) is 0 Å². The van der Waals surface area contributed by atoms with Gasteiger partial charge >= 0.3 is 7.12 Å². The monoisotopic (exact) mass is 240 g/mol. The van der Waals surface area contributed by atoms with Crippen LogP contribution in [0, 0.1) is 0 Å². The van der Waals surface area contributed by atoms with Crippen LogP contribution in [-0.4, -0.2) is 29.0 Å². The van der Waals surface area contributed by atoms with Crippen molar-refractivity contribution < 1.29 is 14.4 Å². The van der Waals surface area contributed by atoms with Crippen LogP contribution in [0.1, 0.15) is 48.0 Å². The van der Waals surface area contributed by atoms with Gasteiger partial charge in [-0.25, -0.2) is 0 Å². The van der Waals surface area contributed by atoms with E-state index in [9.17, 15) is 5.11 Å². The Hall–Kier alpha value is -0.315. The first-order chi connectivity index (χ1) is 7.51. The molecule has 0 aromatic heterocycles. The number of aliphatic hydroxyl groups is 1. The van der Waals surface area contributed by atoms with Crippen molar-refractivity contribution in [2.75, 3.05) is 0 Å². The van der Waals surface area contributed by atoms with E-state index in [1.54, 1.807) is 19.9 Å². The van der Waals surface area contributed by atoms with E-state index in [2.05, 4.69) is 6.58 Å². The number of rotatable bonds is 4. The summed E-state index contributed by atoms with van der Waals surface area (Å²) in [6, 6.07) is 0. The molecule has 1 N–H and O–H groups in total. The van der Waals surface area contributed by atoms with Gasteiger partial charge in [-0.15, -0.1) is 6.58 Å². The minimum absolute atomic E-state index is 0.110. The van der Waals surface area contributed by atoms with Crippen LogP contribution in [-0.2, 0) is 9.31 Å². The first-order valence-electron chi connectivity index (χ1n) is 6.20. The van der Waals surface area contributed by atoms with E-state index < -0.39 is 12.7 Å². The van der Waals surface area contributed by atoms with Gasteiger partial charge in [0, 0.05) is 5.82 Å². The smallest absolute Gasteiger partial charge is 0.403 e. The molecule has 4 heteroatoms. The first-order valence-corrected chi connectivity index (χ1v) is 6.20. The largest absolute Gasteiger partial charge is 0.464 e. The van der Waals surface area contributed by atoms with Crippen molar-refractivity contribution in [1.82, 2.24) is 0 Å². The lowest BCUT2D eigenvalue weighted by Crippen LogP contribution is -2.41. The van der Waals surface area contributed by atoms with E-state index in [-0.39, 0.29) is 17.0 Å². The SMILES string of the molecule is C=CC[C@@H](B1OC(C)(C)C(C)(C)O1)C(C)(C)O. The third kappa shape index (κ3) is 2.93. The predicted molar refractivity (Wildman–Crippen MR) is 70.9 cm³/mol. The molecule has 0 spiro atoms. The van der Waals surface area contributed by atoms with Gasteiger partial charge in [-0.2, -0.15) is 0 Å². The van der Waals surface area contributed by atoms with Crippen molar-refractivity contribution in [3.05, 3.63) is 12.7 Å². The zero-order valence-electron chi connectivity index (χ0n) is 11.9. The summed E-state index contributed by atoms with van der Waals surface area (Å²) in [5.74, 6) is -0.110. The van der Waals surface area contributed by atoms with Crippen molar-refractivity contribution in [2.45, 2.75) is 70.6 Å². The van der Waals surface area contributed by atoms with Crippen LogP contribution >= 0.6 is 0 Å². The molecule has 0 bridgehead atoms. The van der Waals surface area contributed by atoms with Crippen molar-refractivity contribution in [2.24, 2.45) is 0 Å². The van der Waals surface area contributed by atoms with Gasteiger partial charge in [0.1, 0.15) is 0 Å². The van der Waals surface area contributed by atoms with Gasteiger partial charge in [0.15, 0.2) is 0 Å². The van der Waals surface area contributed by atoms with Crippen LogP contribution in [0.4, 0.5) is 0 Å². The Morgan fingerprint density at radius 2 is 1.65 bits per heavy atom. The molecule has 0 saturated carbocycles. The van der Waals surface area contributed by atoms with E-state index in [1.807, 2.05) is 27.7 Å². The summed E-state index contributed by atoms with van der Waals surface area (Å²) in [5, 5.41) is 10.2. The van der Waals surface area contributed by atoms with Gasteiger partial charge in [0.25, 0.3) is 0 Å². The van der Waals surface area contributed by atoms with Crippen LogP contribution in [0.3, 0.4) is 0 Å². The molecule has 1 aliphatic rings. The molecule has 0 amide bonds. The highest BCUT2D eigenvalue weighted by Gasteiger charge is 2.55. The normalized spacial score (nSPS) is 24.8. The highest BCUT2D eigenvalue weighted by Crippen LogP contribution is 2.43. The molecule has 1 saturated heterocycles. The Morgan fingerprint density at radius 3 is 1.94 bits per heavy atom. The summed E-state index contributed by atoms with van der Waals surface area (Å²) in [4.78, 5) is 0. The van der Waals surface area contributed by atoms with Gasteiger partial charge in [-0.3, -0.25) is 0 Å². The van der Waals surface area contributed by atoms with Crippen molar-refractivity contribution in [3.8, 4) is 0 Å². The molecular weight excluding hydrogens is 215 g/mol. The fraction of sp³-hybridized carbons (Fsp3) is 0.846. The summed E-state index contributed by atoms with van der Waals surface area (Å²) in [7, 11) is -0.391. The molecule has 98 valence electrons. The third-order valence-corrected chi connectivity index (χ3v) is 3.93. The topological polar surface area (TPSA) is 38.7 Å². The van der Waals surface area contributed by atoms with E-state index >= 15 is 0 Å². The van der Waals surface area contributed by atoms with Crippen molar-refractivity contribution in [3.63, 3.8) is 0 Å². The van der Waals surface area contributed by atoms with Gasteiger partial charge in [-0.1, -0.05) is 6.08 Å². The maximum absolute atomic E-state index is 10.2. The van der Waals surface area contributed by atoms with Crippen LogP contribution in [0.5, 0.6) is 0 Å². The molecule has 1 aliphatic heterocycles. The highest BCUT2D eigenvalue weighted by molar-refractivity contribution is 6.48. The molecule has 0 aliphatic carbocycles. The molecule has 0 aromatic rings. The molecule has 1 atom stereocenters. The molecule has 3 nitrogen and oxygen atoms in total. The summed E-state index contributed by atoms with van der Waals surface area (Å²) in [6.45, 7) is 15.4. The zero-order valence-corrected chi connectivity index (χ0v) is 11.9. The van der Waals surface area contributed by atoms with Crippen LogP contribution in [0.15, 0.2) is 12.7 Å². The Labute approximate surface area is 105 Å². The second kappa shape index (κ2) is 4.41. The molecular formula is C13H25BO3. The van der Waals surface area contributed by atoms with Crippen LogP contribution in [0.25, 0.3) is 0 Å². The maximum Gasteiger partial charge on any atom is 0.464 e. The lowest BCUT2D eigenvalue weighted by molar-refractivity contribution is 0.00578. The maximum atomic E-state index is 10.2. The molecule has 1 heterocycles. The minimum atomic E-state index is -0.852. The average molecular weight is 240 g/mol. The number of hydrogen-bond donors (Lipinski definition) is 1. The molecule has 0 aromatic carbocycles. The Morgan fingerprint density at radius 1 is 1.24 bits per heavy atom. The molecule has 0 radical (unpaired) electrons. The van der Waals surface area contributed by atoms with Crippen molar-refractivity contribution >= 4 is 7.12 Å². The standard InChI is InChI=1S/C13H25BO3/c1-8-9-10(11(2,3)15)14-16-12(4,5)13(6,7)17-14/h8,10,15H,1,9H2,2-7H3/t10-/m1/s1. The lowest BCUT2D eigenvalue weighted by atomic mass is 9.62. The molecule has 0 unspecified atom stereocenters. The van der Waals surface area contributed by atoms with E-state index in [4.69, 9.17) is 9.31 Å². The summed E-state index contributed by atoms with van der Waals surface area (Å²) in [5.41, 5.74) is -1.57. The molecule has 1 fully saturated rings. The van der Waals surface area contributed by atoms with Gasteiger partial charge in [0.05, 0.1) is 16.8 Å². The number of hydrogen-bond acceptors (Lipinski definition) is 3. The third-order valence-electron chi connectivity index (χ3n) is 3.93. The van der Waals surface area contributed by atoms with Crippen LogP contribution < -0.4 is 0 Å². The Bertz CT molecular complexity index is 276. The quantitative estimate of drug-likeness (QED) is 0.606. The lowest BCUT2D eigenvalue weighted by Gasteiger charge is -2.32. The summed E-state index contributed by atoms with van der Waals surface area (Å²) in [6.07, 6.45) is 2.47. The zero-order chi connectivity index (χ0) is 13.5. The Kier molecular flexibility index (Phi) is 3.83. The van der Waals surface area contributed by atoms with E-state index in [0.29, 0.717) is 6.42 Å². The van der Waals surface area contributed by atoms with Gasteiger partial charge < -0.3 is 14.4 Å². The summed E-state index contributed by atoms with van der Waals surface area (Å²) < 4.78 is 12.0. The summed E-state index contributed by atoms with van der Waals surface area (Å²) >= 11 is 0.